The molecule has 2 amide bonds. The van der Waals surface area contributed by atoms with Crippen LogP contribution in [-0.4, -0.2) is 70.3 Å². The average Bonchev–Trinajstić information content (AvgIpc) is 3.36. The number of rotatable bonds is 4. The van der Waals surface area contributed by atoms with Crippen molar-refractivity contribution in [1.29, 1.82) is 0 Å². The van der Waals surface area contributed by atoms with Gasteiger partial charge in [-0.05, 0) is 30.3 Å². The smallest absolute Gasteiger partial charge is 0.267 e. The van der Waals surface area contributed by atoms with E-state index in [4.69, 9.17) is 9.47 Å². The predicted octanol–water partition coefficient (Wildman–Crippen LogP) is 2.40. The molecule has 0 radical (unpaired) electrons. The molecule has 8 heteroatoms. The Morgan fingerprint density at radius 3 is 2.39 bits per heavy atom. The van der Waals surface area contributed by atoms with E-state index in [-0.39, 0.29) is 18.4 Å². The first-order valence-electron chi connectivity index (χ1n) is 10.9. The molecule has 1 atom stereocenters. The van der Waals surface area contributed by atoms with Crippen LogP contribution in [0.4, 0.5) is 0 Å². The number of amides is 2. The largest absolute Gasteiger partial charge is 0.485 e. The van der Waals surface area contributed by atoms with E-state index in [1.165, 1.54) is 0 Å². The quantitative estimate of drug-likeness (QED) is 0.578. The first-order valence-corrected chi connectivity index (χ1v) is 10.9. The van der Waals surface area contributed by atoms with E-state index in [1.54, 1.807) is 38.9 Å². The first-order chi connectivity index (χ1) is 16.2. The molecule has 0 bridgehead atoms. The fourth-order valence-electron chi connectivity index (χ4n) is 3.91. The number of carbonyl (C=O) groups is 2. The Bertz CT molecular complexity index is 1170. The van der Waals surface area contributed by atoms with Crippen LogP contribution in [0.3, 0.4) is 0 Å². The number of carbonyl (C=O) groups excluding carboxylic acids is 2. The lowest BCUT2D eigenvalue weighted by Gasteiger charge is -2.36. The second-order valence-corrected chi connectivity index (χ2v) is 7.90. The van der Waals surface area contributed by atoms with E-state index in [0.717, 1.165) is 11.3 Å². The van der Waals surface area contributed by atoms with Gasteiger partial charge >= 0.3 is 0 Å². The third-order valence-corrected chi connectivity index (χ3v) is 5.73. The lowest BCUT2D eigenvalue weighted by atomic mass is 10.2. The molecule has 2 aliphatic rings. The van der Waals surface area contributed by atoms with E-state index in [9.17, 15) is 9.59 Å². The maximum atomic E-state index is 12.9. The molecule has 1 fully saturated rings. The highest BCUT2D eigenvalue weighted by atomic mass is 16.6. The summed E-state index contributed by atoms with van der Waals surface area (Å²) in [5.74, 6) is 1.04. The van der Waals surface area contributed by atoms with Crippen LogP contribution < -0.4 is 9.47 Å². The lowest BCUT2D eigenvalue weighted by molar-refractivity contribution is -0.145. The normalized spacial score (nSPS) is 17.9. The lowest BCUT2D eigenvalue weighted by Crippen LogP contribution is -2.54. The highest BCUT2D eigenvalue weighted by Crippen LogP contribution is 2.31. The van der Waals surface area contributed by atoms with Gasteiger partial charge in [-0.25, -0.2) is 4.68 Å². The number of benzene rings is 2. The Morgan fingerprint density at radius 2 is 1.61 bits per heavy atom. The van der Waals surface area contributed by atoms with Gasteiger partial charge in [-0.3, -0.25) is 9.59 Å². The highest BCUT2D eigenvalue weighted by molar-refractivity contribution is 5.92. The first kappa shape index (κ1) is 20.8. The van der Waals surface area contributed by atoms with Crippen molar-refractivity contribution in [1.82, 2.24) is 19.6 Å². The minimum Gasteiger partial charge on any atom is -0.485 e. The van der Waals surface area contributed by atoms with Gasteiger partial charge in [0.05, 0.1) is 11.9 Å². The Balaban J connectivity index is 1.13. The number of hydrogen-bond donors (Lipinski definition) is 0. The number of aromatic nitrogens is 2. The zero-order valence-corrected chi connectivity index (χ0v) is 18.0. The minimum absolute atomic E-state index is 0.0827. The van der Waals surface area contributed by atoms with Gasteiger partial charge in [0.15, 0.2) is 11.5 Å². The molecular weight excluding hydrogens is 420 g/mol. The zero-order chi connectivity index (χ0) is 22.6. The second kappa shape index (κ2) is 9.20. The maximum absolute atomic E-state index is 12.9. The summed E-state index contributed by atoms with van der Waals surface area (Å²) < 4.78 is 13.3. The molecule has 1 saturated heterocycles. The molecule has 33 heavy (non-hydrogen) atoms. The number of fused-ring (bicyclic) bond motifs is 1. The Morgan fingerprint density at radius 1 is 0.909 bits per heavy atom. The standard InChI is InChI=1S/C25H24N4O4/c30-24(11-10-19-16-26-29(17-19)20-6-2-1-3-7-20)27-12-14-28(15-13-27)25(31)23-18-32-21-8-4-5-9-22(21)33-23/h1-11,16-17,23H,12-15,18H2/b11-10+. The third kappa shape index (κ3) is 4.59. The predicted molar refractivity (Wildman–Crippen MR) is 122 cm³/mol. The molecule has 0 N–H and O–H groups in total. The maximum Gasteiger partial charge on any atom is 0.267 e. The summed E-state index contributed by atoms with van der Waals surface area (Å²) in [4.78, 5) is 29.0. The fourth-order valence-corrected chi connectivity index (χ4v) is 3.91. The summed E-state index contributed by atoms with van der Waals surface area (Å²) >= 11 is 0. The minimum atomic E-state index is -0.664. The summed E-state index contributed by atoms with van der Waals surface area (Å²) in [5.41, 5.74) is 1.80. The van der Waals surface area contributed by atoms with E-state index in [1.807, 2.05) is 54.7 Å². The van der Waals surface area contributed by atoms with Crippen molar-refractivity contribution in [3.05, 3.63) is 78.6 Å². The fraction of sp³-hybridized carbons (Fsp3) is 0.240. The van der Waals surface area contributed by atoms with E-state index in [2.05, 4.69) is 5.10 Å². The monoisotopic (exact) mass is 444 g/mol. The van der Waals surface area contributed by atoms with Crippen LogP contribution in [0.2, 0.25) is 0 Å². The SMILES string of the molecule is O=C(/C=C/c1cnn(-c2ccccc2)c1)N1CCN(C(=O)C2COc3ccccc3O2)CC1. The van der Waals surface area contributed by atoms with Crippen LogP contribution in [0.25, 0.3) is 11.8 Å². The summed E-state index contributed by atoms with van der Waals surface area (Å²) in [7, 11) is 0. The van der Waals surface area contributed by atoms with Gasteiger partial charge in [0.25, 0.3) is 5.91 Å². The van der Waals surface area contributed by atoms with Crippen molar-refractivity contribution in [2.24, 2.45) is 0 Å². The third-order valence-electron chi connectivity index (χ3n) is 5.73. The Hall–Kier alpha value is -4.07. The summed E-state index contributed by atoms with van der Waals surface area (Å²) in [6, 6.07) is 17.1. The van der Waals surface area contributed by atoms with Crippen LogP contribution in [-0.2, 0) is 9.59 Å². The zero-order valence-electron chi connectivity index (χ0n) is 18.0. The Labute approximate surface area is 191 Å². The van der Waals surface area contributed by atoms with Gasteiger partial charge in [-0.2, -0.15) is 5.10 Å². The molecule has 5 rings (SSSR count). The molecule has 0 spiro atoms. The number of piperazine rings is 1. The van der Waals surface area contributed by atoms with E-state index < -0.39 is 6.10 Å². The van der Waals surface area contributed by atoms with Crippen molar-refractivity contribution in [2.75, 3.05) is 32.8 Å². The Kier molecular flexibility index (Phi) is 5.80. The second-order valence-electron chi connectivity index (χ2n) is 7.90. The molecule has 2 aromatic carbocycles. The van der Waals surface area contributed by atoms with Crippen molar-refractivity contribution in [3.63, 3.8) is 0 Å². The summed E-state index contributed by atoms with van der Waals surface area (Å²) in [6.45, 7) is 2.07. The number of ether oxygens (including phenoxy) is 2. The molecule has 3 aromatic rings. The van der Waals surface area contributed by atoms with Crippen LogP contribution in [0, 0.1) is 0 Å². The molecule has 8 nitrogen and oxygen atoms in total. The molecule has 168 valence electrons. The molecule has 1 unspecified atom stereocenters. The number of hydrogen-bond acceptors (Lipinski definition) is 5. The molecule has 2 aliphatic heterocycles. The van der Waals surface area contributed by atoms with Crippen molar-refractivity contribution < 1.29 is 19.1 Å². The van der Waals surface area contributed by atoms with Crippen LogP contribution >= 0.6 is 0 Å². The number of nitrogens with zero attached hydrogens (tertiary/aromatic N) is 4. The highest BCUT2D eigenvalue weighted by Gasteiger charge is 2.33. The topological polar surface area (TPSA) is 76.9 Å². The summed E-state index contributed by atoms with van der Waals surface area (Å²) in [6.07, 6.45) is 6.25. The van der Waals surface area contributed by atoms with Gasteiger partial charge in [0.2, 0.25) is 12.0 Å². The van der Waals surface area contributed by atoms with Crippen molar-refractivity contribution in [3.8, 4) is 17.2 Å². The number of para-hydroxylation sites is 3. The van der Waals surface area contributed by atoms with Gasteiger partial charge in [0.1, 0.15) is 6.61 Å². The van der Waals surface area contributed by atoms with E-state index >= 15 is 0 Å². The molecule has 0 saturated carbocycles. The van der Waals surface area contributed by atoms with Crippen LogP contribution in [0.15, 0.2) is 73.1 Å². The molecule has 0 aliphatic carbocycles. The van der Waals surface area contributed by atoms with Gasteiger partial charge in [0, 0.05) is 44.0 Å². The van der Waals surface area contributed by atoms with Crippen molar-refractivity contribution in [2.45, 2.75) is 6.10 Å². The van der Waals surface area contributed by atoms with Gasteiger partial charge in [-0.1, -0.05) is 30.3 Å². The molecule has 1 aromatic heterocycles. The van der Waals surface area contributed by atoms with Gasteiger partial charge in [-0.15, -0.1) is 0 Å². The van der Waals surface area contributed by atoms with E-state index in [0.29, 0.717) is 37.7 Å². The van der Waals surface area contributed by atoms with Crippen molar-refractivity contribution >= 4 is 17.9 Å². The average molecular weight is 444 g/mol. The van der Waals surface area contributed by atoms with Gasteiger partial charge < -0.3 is 19.3 Å². The van der Waals surface area contributed by atoms with Crippen LogP contribution in [0.1, 0.15) is 5.56 Å². The summed E-state index contributed by atoms with van der Waals surface area (Å²) in [5, 5.41) is 4.34. The van der Waals surface area contributed by atoms with Crippen LogP contribution in [0.5, 0.6) is 11.5 Å². The molecule has 3 heterocycles. The molecular formula is C25H24N4O4.